The molecule has 1 heterocycles. The summed E-state index contributed by atoms with van der Waals surface area (Å²) >= 11 is 0. The summed E-state index contributed by atoms with van der Waals surface area (Å²) in [7, 11) is 1.74. The van der Waals surface area contributed by atoms with Crippen LogP contribution in [-0.2, 0) is 4.79 Å². The highest BCUT2D eigenvalue weighted by Crippen LogP contribution is 2.38. The number of likely N-dealkylation sites (N-methyl/N-ethyl adjacent to an activating group) is 1. The Morgan fingerprint density at radius 3 is 2.46 bits per heavy atom. The maximum absolute atomic E-state index is 12.9. The number of carbonyl (C=O) groups is 2. The molecule has 138 valence electrons. The molecule has 5 nitrogen and oxygen atoms in total. The van der Waals surface area contributed by atoms with Gasteiger partial charge in [-0.15, -0.1) is 0 Å². The van der Waals surface area contributed by atoms with E-state index in [4.69, 9.17) is 0 Å². The van der Waals surface area contributed by atoms with Crippen molar-refractivity contribution >= 4 is 17.4 Å². The van der Waals surface area contributed by atoms with Gasteiger partial charge in [0.1, 0.15) is 5.82 Å². The molecule has 0 radical (unpaired) electrons. The predicted octanol–water partition coefficient (Wildman–Crippen LogP) is 3.33. The molecule has 1 aliphatic carbocycles. The minimum absolute atomic E-state index is 0.0158. The van der Waals surface area contributed by atoms with E-state index in [1.807, 2.05) is 19.9 Å². The third-order valence-corrected chi connectivity index (χ3v) is 4.65. The van der Waals surface area contributed by atoms with E-state index in [0.717, 1.165) is 17.0 Å². The molecule has 3 rings (SSSR count). The number of ketones is 1. The number of aryl methyl sites for hydroxylation is 1. The van der Waals surface area contributed by atoms with Crippen molar-refractivity contribution in [1.82, 2.24) is 9.47 Å². The highest BCUT2D eigenvalue weighted by molar-refractivity contribution is 5.99. The summed E-state index contributed by atoms with van der Waals surface area (Å²) < 4.78 is 15.1. The SMILES string of the molecule is Cc1cc(C(=O)CN(C)CC(=O)Nc2ccc(F)cc2)c(C)n1C1CC1. The number of halogens is 1. The minimum Gasteiger partial charge on any atom is -0.345 e. The van der Waals surface area contributed by atoms with Crippen molar-refractivity contribution in [3.63, 3.8) is 0 Å². The molecule has 1 saturated carbocycles. The van der Waals surface area contributed by atoms with Crippen molar-refractivity contribution in [3.8, 4) is 0 Å². The number of rotatable bonds is 7. The smallest absolute Gasteiger partial charge is 0.238 e. The number of nitrogens with zero attached hydrogens (tertiary/aromatic N) is 2. The number of benzene rings is 1. The van der Waals surface area contributed by atoms with Gasteiger partial charge in [-0.2, -0.15) is 0 Å². The molecule has 0 bridgehead atoms. The number of anilines is 1. The molecule has 6 heteroatoms. The van der Waals surface area contributed by atoms with E-state index < -0.39 is 0 Å². The van der Waals surface area contributed by atoms with Gasteiger partial charge in [-0.1, -0.05) is 0 Å². The van der Waals surface area contributed by atoms with E-state index in [0.29, 0.717) is 11.7 Å². The van der Waals surface area contributed by atoms with E-state index in [9.17, 15) is 14.0 Å². The molecule has 0 atom stereocenters. The van der Waals surface area contributed by atoms with Crippen LogP contribution in [0.2, 0.25) is 0 Å². The van der Waals surface area contributed by atoms with Gasteiger partial charge >= 0.3 is 0 Å². The number of hydrogen-bond donors (Lipinski definition) is 1. The molecule has 1 aromatic carbocycles. The molecule has 0 unspecified atom stereocenters. The van der Waals surface area contributed by atoms with Gasteiger partial charge in [0.15, 0.2) is 5.78 Å². The van der Waals surface area contributed by atoms with Crippen molar-refractivity contribution < 1.29 is 14.0 Å². The molecule has 1 aliphatic rings. The Morgan fingerprint density at radius 2 is 1.85 bits per heavy atom. The number of hydrogen-bond acceptors (Lipinski definition) is 3. The maximum Gasteiger partial charge on any atom is 0.238 e. The molecule has 0 spiro atoms. The van der Waals surface area contributed by atoms with Crippen LogP contribution in [0.4, 0.5) is 10.1 Å². The molecule has 1 fully saturated rings. The highest BCUT2D eigenvalue weighted by Gasteiger charge is 2.28. The lowest BCUT2D eigenvalue weighted by molar-refractivity contribution is -0.116. The van der Waals surface area contributed by atoms with Gasteiger partial charge < -0.3 is 9.88 Å². The van der Waals surface area contributed by atoms with E-state index in [-0.39, 0.29) is 30.6 Å². The predicted molar refractivity (Wildman–Crippen MR) is 99.0 cm³/mol. The first-order valence-corrected chi connectivity index (χ1v) is 8.80. The Kier molecular flexibility index (Phi) is 5.23. The number of nitrogens with one attached hydrogen (secondary N) is 1. The lowest BCUT2D eigenvalue weighted by Gasteiger charge is -2.15. The average Bonchev–Trinajstić information content (AvgIpc) is 3.34. The summed E-state index contributed by atoms with van der Waals surface area (Å²) in [4.78, 5) is 26.4. The zero-order chi connectivity index (χ0) is 18.8. The molecule has 1 amide bonds. The standard InChI is InChI=1S/C20H24FN3O2/c1-13-10-18(14(2)24(13)17-8-9-17)19(25)11-23(3)12-20(26)22-16-6-4-15(21)5-7-16/h4-7,10,17H,8-9,11-12H2,1-3H3,(H,22,26). The lowest BCUT2D eigenvalue weighted by atomic mass is 10.1. The molecule has 26 heavy (non-hydrogen) atoms. The summed E-state index contributed by atoms with van der Waals surface area (Å²) in [6.45, 7) is 4.28. The first-order chi connectivity index (χ1) is 12.3. The Balaban J connectivity index is 1.56. The fraction of sp³-hybridized carbons (Fsp3) is 0.400. The van der Waals surface area contributed by atoms with Crippen LogP contribution < -0.4 is 5.32 Å². The third kappa shape index (κ3) is 4.19. The second-order valence-corrected chi connectivity index (χ2v) is 7.04. The third-order valence-electron chi connectivity index (χ3n) is 4.65. The lowest BCUT2D eigenvalue weighted by Crippen LogP contribution is -2.34. The van der Waals surface area contributed by atoms with Crippen LogP contribution in [0.1, 0.15) is 40.6 Å². The largest absolute Gasteiger partial charge is 0.345 e. The van der Waals surface area contributed by atoms with E-state index in [1.54, 1.807) is 11.9 Å². The minimum atomic E-state index is -0.352. The number of Topliss-reactive ketones (excluding diaryl/α,β-unsaturated/α-hetero) is 1. The van der Waals surface area contributed by atoms with E-state index in [1.165, 1.54) is 37.1 Å². The number of aromatic nitrogens is 1. The van der Waals surface area contributed by atoms with Crippen molar-refractivity contribution in [2.75, 3.05) is 25.5 Å². The fourth-order valence-corrected chi connectivity index (χ4v) is 3.32. The van der Waals surface area contributed by atoms with Gasteiger partial charge in [0, 0.05) is 28.7 Å². The zero-order valence-electron chi connectivity index (χ0n) is 15.4. The van der Waals surface area contributed by atoms with Crippen LogP contribution in [0, 0.1) is 19.7 Å². The molecule has 1 aromatic heterocycles. The number of carbonyl (C=O) groups excluding carboxylic acids is 2. The molecular formula is C20H24FN3O2. The monoisotopic (exact) mass is 357 g/mol. The van der Waals surface area contributed by atoms with Crippen LogP contribution in [0.3, 0.4) is 0 Å². The zero-order valence-corrected chi connectivity index (χ0v) is 15.4. The molecule has 2 aromatic rings. The molecule has 1 N–H and O–H groups in total. The summed E-state index contributed by atoms with van der Waals surface area (Å²) in [5, 5.41) is 2.70. The first-order valence-electron chi connectivity index (χ1n) is 8.80. The van der Waals surface area contributed by atoms with Crippen molar-refractivity contribution in [2.24, 2.45) is 0 Å². The van der Waals surface area contributed by atoms with E-state index in [2.05, 4.69) is 9.88 Å². The second kappa shape index (κ2) is 7.41. The summed E-state index contributed by atoms with van der Waals surface area (Å²) in [6.07, 6.45) is 2.35. The summed E-state index contributed by atoms with van der Waals surface area (Å²) in [6, 6.07) is 8.08. The molecule has 0 aliphatic heterocycles. The Morgan fingerprint density at radius 1 is 1.19 bits per heavy atom. The van der Waals surface area contributed by atoms with Crippen molar-refractivity contribution in [3.05, 3.63) is 53.1 Å². The van der Waals surface area contributed by atoms with Gasteiger partial charge in [-0.25, -0.2) is 4.39 Å². The summed E-state index contributed by atoms with van der Waals surface area (Å²) in [5.41, 5.74) is 3.40. The topological polar surface area (TPSA) is 54.3 Å². The first kappa shape index (κ1) is 18.3. The molecular weight excluding hydrogens is 333 g/mol. The highest BCUT2D eigenvalue weighted by atomic mass is 19.1. The normalized spacial score (nSPS) is 13.9. The van der Waals surface area contributed by atoms with Crippen molar-refractivity contribution in [1.29, 1.82) is 0 Å². The maximum atomic E-state index is 12.9. The number of amides is 1. The van der Waals surface area contributed by atoms with Gasteiger partial charge in [-0.05, 0) is 64.1 Å². The van der Waals surface area contributed by atoms with Gasteiger partial charge in [-0.3, -0.25) is 14.5 Å². The second-order valence-electron chi connectivity index (χ2n) is 7.04. The van der Waals surface area contributed by atoms with Crippen LogP contribution in [0.5, 0.6) is 0 Å². The fourth-order valence-electron chi connectivity index (χ4n) is 3.32. The summed E-state index contributed by atoms with van der Waals surface area (Å²) in [5.74, 6) is -0.577. The molecule has 0 saturated heterocycles. The van der Waals surface area contributed by atoms with E-state index >= 15 is 0 Å². The Labute approximate surface area is 152 Å². The van der Waals surface area contributed by atoms with Gasteiger partial charge in [0.05, 0.1) is 13.1 Å². The van der Waals surface area contributed by atoms with Gasteiger partial charge in [0.25, 0.3) is 0 Å². The van der Waals surface area contributed by atoms with Crippen LogP contribution in [-0.4, -0.2) is 41.3 Å². The van der Waals surface area contributed by atoms with Crippen LogP contribution >= 0.6 is 0 Å². The average molecular weight is 357 g/mol. The quantitative estimate of drug-likeness (QED) is 0.774. The Bertz CT molecular complexity index is 822. The van der Waals surface area contributed by atoms with Crippen LogP contribution in [0.15, 0.2) is 30.3 Å². The van der Waals surface area contributed by atoms with Gasteiger partial charge in [0.2, 0.25) is 5.91 Å². The Hall–Kier alpha value is -2.47. The van der Waals surface area contributed by atoms with Crippen molar-refractivity contribution in [2.45, 2.75) is 32.7 Å². The van der Waals surface area contributed by atoms with Crippen LogP contribution in [0.25, 0.3) is 0 Å².